The van der Waals surface area contributed by atoms with Crippen molar-refractivity contribution < 1.29 is 14.9 Å². The van der Waals surface area contributed by atoms with Crippen molar-refractivity contribution in [2.75, 3.05) is 0 Å². The van der Waals surface area contributed by atoms with Crippen LogP contribution in [0.5, 0.6) is 0 Å². The van der Waals surface area contributed by atoms with Crippen LogP contribution in [0.25, 0.3) is 0 Å². The second kappa shape index (κ2) is 5.49. The first-order valence-electron chi connectivity index (χ1n) is 6.48. The number of nitrogens with zero attached hydrogens (tertiary/aromatic N) is 1. The highest BCUT2D eigenvalue weighted by molar-refractivity contribution is 6.58. The average Bonchev–Trinajstić information content (AvgIpc) is 2.98. The van der Waals surface area contributed by atoms with E-state index in [1.165, 1.54) is 0 Å². The van der Waals surface area contributed by atoms with Crippen molar-refractivity contribution in [2.24, 2.45) is 5.16 Å². The summed E-state index contributed by atoms with van der Waals surface area (Å²) in [6.07, 6.45) is 0.666. The first kappa shape index (κ1) is 12.9. The molecule has 2 aromatic rings. The van der Waals surface area contributed by atoms with Crippen molar-refractivity contribution in [2.45, 2.75) is 12.5 Å². The van der Waals surface area contributed by atoms with Gasteiger partial charge in [-0.25, -0.2) is 0 Å². The summed E-state index contributed by atoms with van der Waals surface area (Å²) in [4.78, 5) is 5.47. The molecule has 0 amide bonds. The van der Waals surface area contributed by atoms with Gasteiger partial charge in [-0.2, -0.15) is 0 Å². The third kappa shape index (κ3) is 2.59. The van der Waals surface area contributed by atoms with Crippen molar-refractivity contribution in [3.05, 3.63) is 65.7 Å². The Kier molecular flexibility index (Phi) is 3.54. The summed E-state index contributed by atoms with van der Waals surface area (Å²) in [5.74, 6) is 0. The fraction of sp³-hybridized carbons (Fsp3) is 0.133. The molecule has 2 N–H and O–H groups in total. The van der Waals surface area contributed by atoms with Crippen molar-refractivity contribution >= 4 is 18.3 Å². The molecule has 1 heterocycles. The van der Waals surface area contributed by atoms with Crippen LogP contribution in [0.1, 0.15) is 23.7 Å². The minimum absolute atomic E-state index is 0.0469. The van der Waals surface area contributed by atoms with E-state index in [-0.39, 0.29) is 6.10 Å². The van der Waals surface area contributed by atoms with Crippen LogP contribution in [0, 0.1) is 0 Å². The molecule has 0 aromatic heterocycles. The van der Waals surface area contributed by atoms with Crippen LogP contribution in [0.3, 0.4) is 0 Å². The minimum Gasteiger partial charge on any atom is -0.423 e. The zero-order valence-electron chi connectivity index (χ0n) is 10.8. The third-order valence-corrected chi connectivity index (χ3v) is 3.38. The van der Waals surface area contributed by atoms with Gasteiger partial charge in [0.1, 0.15) is 0 Å². The molecule has 0 aliphatic carbocycles. The van der Waals surface area contributed by atoms with E-state index >= 15 is 0 Å². The van der Waals surface area contributed by atoms with Crippen molar-refractivity contribution in [1.82, 2.24) is 0 Å². The van der Waals surface area contributed by atoms with Crippen LogP contribution in [0.15, 0.2) is 59.8 Å². The van der Waals surface area contributed by atoms with E-state index in [0.717, 1.165) is 16.8 Å². The van der Waals surface area contributed by atoms with Crippen LogP contribution in [-0.2, 0) is 4.84 Å². The highest BCUT2D eigenvalue weighted by Gasteiger charge is 2.23. The monoisotopic (exact) mass is 267 g/mol. The molecule has 4 nitrogen and oxygen atoms in total. The molecule has 0 spiro atoms. The highest BCUT2D eigenvalue weighted by atomic mass is 16.6. The molecule has 3 rings (SSSR count). The molecule has 20 heavy (non-hydrogen) atoms. The second-order valence-electron chi connectivity index (χ2n) is 4.74. The smallest absolute Gasteiger partial charge is 0.423 e. The Bertz CT molecular complexity index is 611. The standard InChI is InChI=1S/C15H14BNO3/c18-16(19)13-8-6-11(7-9-13)14-10-15(20-17-14)12-4-2-1-3-5-12/h1-9,15,18-19H,10H2. The molecule has 0 bridgehead atoms. The molecule has 1 unspecified atom stereocenters. The van der Waals surface area contributed by atoms with Gasteiger partial charge in [-0.1, -0.05) is 59.8 Å². The van der Waals surface area contributed by atoms with E-state index in [9.17, 15) is 0 Å². The lowest BCUT2D eigenvalue weighted by Gasteiger charge is -2.07. The fourth-order valence-corrected chi connectivity index (χ4v) is 2.24. The largest absolute Gasteiger partial charge is 0.488 e. The summed E-state index contributed by atoms with van der Waals surface area (Å²) in [5, 5.41) is 22.3. The number of hydrogen-bond acceptors (Lipinski definition) is 4. The van der Waals surface area contributed by atoms with Gasteiger partial charge in [0.15, 0.2) is 6.10 Å². The number of oxime groups is 1. The van der Waals surface area contributed by atoms with E-state index in [2.05, 4.69) is 5.16 Å². The number of rotatable bonds is 3. The Morgan fingerprint density at radius 1 is 1.00 bits per heavy atom. The Morgan fingerprint density at radius 3 is 2.35 bits per heavy atom. The third-order valence-electron chi connectivity index (χ3n) is 3.38. The van der Waals surface area contributed by atoms with Gasteiger partial charge in [0.05, 0.1) is 5.71 Å². The molecule has 1 aliphatic rings. The minimum atomic E-state index is -1.44. The number of benzene rings is 2. The molecule has 0 saturated carbocycles. The Hall–Kier alpha value is -2.11. The first-order chi connectivity index (χ1) is 9.74. The maximum absolute atomic E-state index is 9.07. The van der Waals surface area contributed by atoms with Crippen LogP contribution in [-0.4, -0.2) is 22.9 Å². The Balaban J connectivity index is 1.74. The van der Waals surface area contributed by atoms with Crippen molar-refractivity contribution in [3.63, 3.8) is 0 Å². The SMILES string of the molecule is OB(O)c1ccc(C2=NOC(c3ccccc3)C2)cc1. The van der Waals surface area contributed by atoms with E-state index in [4.69, 9.17) is 14.9 Å². The summed E-state index contributed by atoms with van der Waals surface area (Å²) < 4.78 is 0. The maximum Gasteiger partial charge on any atom is 0.488 e. The van der Waals surface area contributed by atoms with Gasteiger partial charge in [-0.15, -0.1) is 0 Å². The Morgan fingerprint density at radius 2 is 1.70 bits per heavy atom. The zero-order valence-corrected chi connectivity index (χ0v) is 10.8. The quantitative estimate of drug-likeness (QED) is 0.822. The molecular weight excluding hydrogens is 253 g/mol. The summed E-state index contributed by atoms with van der Waals surface area (Å²) in [6, 6.07) is 17.0. The van der Waals surface area contributed by atoms with Gasteiger partial charge in [0.2, 0.25) is 0 Å². The van der Waals surface area contributed by atoms with Crippen LogP contribution < -0.4 is 5.46 Å². The molecule has 1 aliphatic heterocycles. The van der Waals surface area contributed by atoms with E-state index in [1.54, 1.807) is 12.1 Å². The van der Waals surface area contributed by atoms with Gasteiger partial charge < -0.3 is 14.9 Å². The normalized spacial score (nSPS) is 17.5. The van der Waals surface area contributed by atoms with Gasteiger partial charge in [0.25, 0.3) is 0 Å². The highest BCUT2D eigenvalue weighted by Crippen LogP contribution is 2.28. The van der Waals surface area contributed by atoms with E-state index in [0.29, 0.717) is 11.9 Å². The maximum atomic E-state index is 9.07. The van der Waals surface area contributed by atoms with Crippen LogP contribution in [0.4, 0.5) is 0 Å². The topological polar surface area (TPSA) is 62.0 Å². The molecular formula is C15H14BNO3. The summed E-state index contributed by atoms with van der Waals surface area (Å²) in [5.41, 5.74) is 3.38. The molecule has 1 atom stereocenters. The lowest BCUT2D eigenvalue weighted by molar-refractivity contribution is 0.0857. The average molecular weight is 267 g/mol. The predicted octanol–water partition coefficient (Wildman–Crippen LogP) is 1.23. The molecule has 0 saturated heterocycles. The summed E-state index contributed by atoms with van der Waals surface area (Å²) in [7, 11) is -1.44. The van der Waals surface area contributed by atoms with Crippen molar-refractivity contribution in [1.29, 1.82) is 0 Å². The summed E-state index contributed by atoms with van der Waals surface area (Å²) in [6.45, 7) is 0. The molecule has 100 valence electrons. The zero-order chi connectivity index (χ0) is 13.9. The Labute approximate surface area is 117 Å². The van der Waals surface area contributed by atoms with Crippen LogP contribution >= 0.6 is 0 Å². The van der Waals surface area contributed by atoms with Crippen molar-refractivity contribution in [3.8, 4) is 0 Å². The molecule has 2 aromatic carbocycles. The molecule has 5 heteroatoms. The second-order valence-corrected chi connectivity index (χ2v) is 4.74. The fourth-order valence-electron chi connectivity index (χ4n) is 2.24. The lowest BCUT2D eigenvalue weighted by atomic mass is 9.80. The van der Waals surface area contributed by atoms with E-state index < -0.39 is 7.12 Å². The predicted molar refractivity (Wildman–Crippen MR) is 77.7 cm³/mol. The van der Waals surface area contributed by atoms with Gasteiger partial charge in [0, 0.05) is 6.42 Å². The summed E-state index contributed by atoms with van der Waals surface area (Å²) >= 11 is 0. The number of hydrogen-bond donors (Lipinski definition) is 2. The first-order valence-corrected chi connectivity index (χ1v) is 6.48. The van der Waals surface area contributed by atoms with Crippen LogP contribution in [0.2, 0.25) is 0 Å². The molecule has 0 radical (unpaired) electrons. The van der Waals surface area contributed by atoms with Gasteiger partial charge >= 0.3 is 7.12 Å². The van der Waals surface area contributed by atoms with E-state index in [1.807, 2.05) is 42.5 Å². The molecule has 0 fully saturated rings. The van der Waals surface area contributed by atoms with Gasteiger partial charge in [-0.3, -0.25) is 0 Å². The lowest BCUT2D eigenvalue weighted by Crippen LogP contribution is -2.29. The van der Waals surface area contributed by atoms with Gasteiger partial charge in [-0.05, 0) is 16.6 Å².